The number of ether oxygens (including phenoxy) is 1. The fourth-order valence-electron chi connectivity index (χ4n) is 1.77. The van der Waals surface area contributed by atoms with E-state index in [2.05, 4.69) is 15.5 Å². The molecule has 1 heterocycles. The van der Waals surface area contributed by atoms with E-state index in [1.54, 1.807) is 6.21 Å². The van der Waals surface area contributed by atoms with Gasteiger partial charge in [0.2, 0.25) is 5.91 Å². The zero-order valence-electron chi connectivity index (χ0n) is 11.6. The summed E-state index contributed by atoms with van der Waals surface area (Å²) in [6.45, 7) is 0. The topological polar surface area (TPSA) is 63.0 Å². The summed E-state index contributed by atoms with van der Waals surface area (Å²) in [6, 6.07) is 17.1. The molecule has 2 aromatic rings. The molecule has 1 saturated heterocycles. The number of thioether (sulfide) groups is 1. The lowest BCUT2D eigenvalue weighted by molar-refractivity contribution is -0.116. The average Bonchev–Trinajstić information content (AvgIpc) is 2.96. The number of carbonyl (C=O) groups excluding carboxylic acids is 1. The molecule has 22 heavy (non-hydrogen) atoms. The average molecular weight is 311 g/mol. The van der Waals surface area contributed by atoms with Gasteiger partial charge in [-0.2, -0.15) is 5.10 Å². The monoisotopic (exact) mass is 311 g/mol. The lowest BCUT2D eigenvalue weighted by Gasteiger charge is -2.04. The summed E-state index contributed by atoms with van der Waals surface area (Å²) in [7, 11) is 0. The predicted octanol–water partition coefficient (Wildman–Crippen LogP) is 3.03. The SMILES string of the molecule is O=C1CSC(=NN=Cc2ccc(Oc3ccccc3)cc2)N1. The number of nitrogens with zero attached hydrogens (tertiary/aromatic N) is 2. The molecule has 0 bridgehead atoms. The second kappa shape index (κ2) is 6.91. The lowest BCUT2D eigenvalue weighted by atomic mass is 10.2. The second-order valence-corrected chi connectivity index (χ2v) is 5.43. The van der Waals surface area contributed by atoms with E-state index >= 15 is 0 Å². The maximum absolute atomic E-state index is 11.0. The number of nitrogens with one attached hydrogen (secondary N) is 1. The molecule has 0 spiro atoms. The van der Waals surface area contributed by atoms with Gasteiger partial charge in [0.25, 0.3) is 0 Å². The largest absolute Gasteiger partial charge is 0.457 e. The summed E-state index contributed by atoms with van der Waals surface area (Å²) in [4.78, 5) is 11.0. The van der Waals surface area contributed by atoms with Gasteiger partial charge >= 0.3 is 0 Å². The number of hydrogen-bond acceptors (Lipinski definition) is 5. The highest BCUT2D eigenvalue weighted by atomic mass is 32.2. The molecule has 5 nitrogen and oxygen atoms in total. The third kappa shape index (κ3) is 3.95. The third-order valence-corrected chi connectivity index (χ3v) is 3.66. The van der Waals surface area contributed by atoms with Crippen molar-refractivity contribution in [1.82, 2.24) is 5.32 Å². The summed E-state index contributed by atoms with van der Waals surface area (Å²) in [5.74, 6) is 1.92. The molecule has 1 amide bonds. The molecular formula is C16H13N3O2S. The standard InChI is InChI=1S/C16H13N3O2S/c20-15-11-22-16(18-15)19-17-10-12-6-8-14(9-7-12)21-13-4-2-1-3-5-13/h1-10H,11H2,(H,18,19,20). The van der Waals surface area contributed by atoms with Gasteiger partial charge in [-0.3, -0.25) is 4.79 Å². The van der Waals surface area contributed by atoms with Crippen molar-refractivity contribution in [2.24, 2.45) is 10.2 Å². The highest BCUT2D eigenvalue weighted by Crippen LogP contribution is 2.20. The highest BCUT2D eigenvalue weighted by Gasteiger charge is 2.15. The summed E-state index contributed by atoms with van der Waals surface area (Å²) in [5.41, 5.74) is 0.902. The lowest BCUT2D eigenvalue weighted by Crippen LogP contribution is -2.19. The normalized spacial score (nSPS) is 16.2. The molecule has 6 heteroatoms. The zero-order valence-corrected chi connectivity index (χ0v) is 12.4. The fourth-order valence-corrected chi connectivity index (χ4v) is 2.40. The van der Waals surface area contributed by atoms with Crippen LogP contribution >= 0.6 is 11.8 Å². The number of rotatable bonds is 4. The Morgan fingerprint density at radius 3 is 2.45 bits per heavy atom. The van der Waals surface area contributed by atoms with Gasteiger partial charge in [-0.05, 0) is 42.0 Å². The van der Waals surface area contributed by atoms with Gasteiger partial charge in [-0.1, -0.05) is 30.0 Å². The molecule has 0 unspecified atom stereocenters. The molecule has 0 atom stereocenters. The van der Waals surface area contributed by atoms with Crippen molar-refractivity contribution in [1.29, 1.82) is 0 Å². The van der Waals surface area contributed by atoms with Gasteiger partial charge in [0.15, 0.2) is 5.17 Å². The van der Waals surface area contributed by atoms with Crippen LogP contribution in [-0.4, -0.2) is 23.0 Å². The number of carbonyl (C=O) groups is 1. The van der Waals surface area contributed by atoms with Crippen LogP contribution in [0.15, 0.2) is 64.8 Å². The highest BCUT2D eigenvalue weighted by molar-refractivity contribution is 8.15. The van der Waals surface area contributed by atoms with Crippen LogP contribution in [0.2, 0.25) is 0 Å². The number of para-hydroxylation sites is 1. The van der Waals surface area contributed by atoms with Crippen molar-refractivity contribution in [2.45, 2.75) is 0 Å². The van der Waals surface area contributed by atoms with Gasteiger partial charge < -0.3 is 10.1 Å². The quantitative estimate of drug-likeness (QED) is 0.697. The van der Waals surface area contributed by atoms with Crippen LogP contribution in [0.3, 0.4) is 0 Å². The van der Waals surface area contributed by atoms with Gasteiger partial charge in [0.1, 0.15) is 11.5 Å². The van der Waals surface area contributed by atoms with Gasteiger partial charge in [-0.25, -0.2) is 0 Å². The molecule has 0 aromatic heterocycles. The van der Waals surface area contributed by atoms with E-state index in [0.29, 0.717) is 10.9 Å². The van der Waals surface area contributed by atoms with E-state index in [9.17, 15) is 4.79 Å². The van der Waals surface area contributed by atoms with Crippen molar-refractivity contribution in [3.63, 3.8) is 0 Å². The van der Waals surface area contributed by atoms with E-state index in [0.717, 1.165) is 17.1 Å². The van der Waals surface area contributed by atoms with Crippen LogP contribution in [0.4, 0.5) is 0 Å². The van der Waals surface area contributed by atoms with Crippen molar-refractivity contribution in [3.8, 4) is 11.5 Å². The van der Waals surface area contributed by atoms with Gasteiger partial charge in [0, 0.05) is 0 Å². The Hall–Kier alpha value is -2.60. The molecule has 110 valence electrons. The summed E-state index contributed by atoms with van der Waals surface area (Å²) in [5, 5.41) is 11.1. The van der Waals surface area contributed by atoms with E-state index in [1.165, 1.54) is 11.8 Å². The molecular weight excluding hydrogens is 298 g/mol. The van der Waals surface area contributed by atoms with E-state index in [-0.39, 0.29) is 5.91 Å². The Balaban J connectivity index is 1.61. The Morgan fingerprint density at radius 2 is 1.77 bits per heavy atom. The minimum atomic E-state index is -0.0404. The summed E-state index contributed by atoms with van der Waals surface area (Å²) < 4.78 is 5.71. The van der Waals surface area contributed by atoms with Crippen LogP contribution in [0.25, 0.3) is 0 Å². The van der Waals surface area contributed by atoms with Crippen LogP contribution in [-0.2, 0) is 4.79 Å². The first kappa shape index (κ1) is 14.3. The smallest absolute Gasteiger partial charge is 0.236 e. The number of amides is 1. The summed E-state index contributed by atoms with van der Waals surface area (Å²) in [6.07, 6.45) is 1.63. The molecule has 0 saturated carbocycles. The molecule has 3 rings (SSSR count). The van der Waals surface area contributed by atoms with Gasteiger partial charge in [0.05, 0.1) is 12.0 Å². The van der Waals surface area contributed by atoms with Crippen molar-refractivity contribution in [2.75, 3.05) is 5.75 Å². The van der Waals surface area contributed by atoms with E-state index in [1.807, 2.05) is 54.6 Å². The first-order chi connectivity index (χ1) is 10.8. The Labute approximate surface area is 132 Å². The molecule has 2 aromatic carbocycles. The first-order valence-corrected chi connectivity index (χ1v) is 7.65. The third-order valence-electron chi connectivity index (χ3n) is 2.80. The van der Waals surface area contributed by atoms with Crippen molar-refractivity contribution in [3.05, 3.63) is 60.2 Å². The molecule has 1 aliphatic rings. The number of benzene rings is 2. The molecule has 1 N–H and O–H groups in total. The number of hydrogen-bond donors (Lipinski definition) is 1. The van der Waals surface area contributed by atoms with Crippen molar-refractivity contribution >= 4 is 29.1 Å². The minimum absolute atomic E-state index is 0.0404. The molecule has 1 fully saturated rings. The second-order valence-electron chi connectivity index (χ2n) is 4.47. The predicted molar refractivity (Wildman–Crippen MR) is 88.6 cm³/mol. The zero-order chi connectivity index (χ0) is 15.2. The van der Waals surface area contributed by atoms with E-state index in [4.69, 9.17) is 4.74 Å². The Bertz CT molecular complexity index is 712. The molecule has 1 aliphatic heterocycles. The van der Waals surface area contributed by atoms with Crippen LogP contribution in [0.1, 0.15) is 5.56 Å². The van der Waals surface area contributed by atoms with Crippen LogP contribution < -0.4 is 10.1 Å². The van der Waals surface area contributed by atoms with Crippen LogP contribution in [0, 0.1) is 0 Å². The number of amidine groups is 1. The molecule has 0 radical (unpaired) electrons. The van der Waals surface area contributed by atoms with Gasteiger partial charge in [-0.15, -0.1) is 5.10 Å². The Kier molecular flexibility index (Phi) is 4.50. The fraction of sp³-hybridized carbons (Fsp3) is 0.0625. The molecule has 0 aliphatic carbocycles. The Morgan fingerprint density at radius 1 is 1.05 bits per heavy atom. The van der Waals surface area contributed by atoms with Crippen molar-refractivity contribution < 1.29 is 9.53 Å². The maximum Gasteiger partial charge on any atom is 0.236 e. The summed E-state index contributed by atoms with van der Waals surface area (Å²) >= 11 is 1.34. The maximum atomic E-state index is 11.0. The first-order valence-electron chi connectivity index (χ1n) is 6.66. The minimum Gasteiger partial charge on any atom is -0.457 e. The van der Waals surface area contributed by atoms with E-state index < -0.39 is 0 Å². The van der Waals surface area contributed by atoms with Crippen LogP contribution in [0.5, 0.6) is 11.5 Å².